The highest BCUT2D eigenvalue weighted by Gasteiger charge is 2.09. The molecule has 20 heavy (non-hydrogen) atoms. The van der Waals surface area contributed by atoms with Gasteiger partial charge in [0.25, 0.3) is 0 Å². The molecule has 2 rings (SSSR count). The standard InChI is InChI=1S/C15H14Cl3NS/c16-11-2-1-3-14(8-11)20-9-13(19)7-10-6-12(17)4-5-15(10)18/h1-6,8,13H,7,9,19H2. The number of benzene rings is 2. The molecule has 0 aliphatic rings. The van der Waals surface area contributed by atoms with Crippen LogP contribution in [0.4, 0.5) is 0 Å². The van der Waals surface area contributed by atoms with Gasteiger partial charge in [-0.3, -0.25) is 0 Å². The van der Waals surface area contributed by atoms with E-state index in [-0.39, 0.29) is 6.04 Å². The van der Waals surface area contributed by atoms with Crippen molar-refractivity contribution in [1.29, 1.82) is 0 Å². The molecule has 0 saturated heterocycles. The Morgan fingerprint density at radius 3 is 2.50 bits per heavy atom. The Morgan fingerprint density at radius 1 is 1.00 bits per heavy atom. The first-order valence-electron chi connectivity index (χ1n) is 6.12. The molecule has 0 saturated carbocycles. The molecule has 0 aliphatic carbocycles. The third-order valence-corrected chi connectivity index (χ3v) is 4.77. The molecule has 0 heterocycles. The summed E-state index contributed by atoms with van der Waals surface area (Å²) in [6, 6.07) is 13.2. The topological polar surface area (TPSA) is 26.0 Å². The first-order chi connectivity index (χ1) is 9.54. The lowest BCUT2D eigenvalue weighted by atomic mass is 10.1. The van der Waals surface area contributed by atoms with Gasteiger partial charge in [-0.05, 0) is 48.4 Å². The van der Waals surface area contributed by atoms with E-state index < -0.39 is 0 Å². The summed E-state index contributed by atoms with van der Waals surface area (Å²) in [5.74, 6) is 0.795. The Bertz CT molecular complexity index is 589. The van der Waals surface area contributed by atoms with Crippen molar-refractivity contribution in [3.63, 3.8) is 0 Å². The van der Waals surface area contributed by atoms with Gasteiger partial charge in [0.2, 0.25) is 0 Å². The molecular weight excluding hydrogens is 333 g/mol. The number of halogens is 3. The molecule has 5 heteroatoms. The fourth-order valence-electron chi connectivity index (χ4n) is 1.80. The molecule has 1 unspecified atom stereocenters. The van der Waals surface area contributed by atoms with E-state index in [2.05, 4.69) is 0 Å². The van der Waals surface area contributed by atoms with Gasteiger partial charge in [-0.1, -0.05) is 40.9 Å². The van der Waals surface area contributed by atoms with E-state index in [1.807, 2.05) is 30.3 Å². The van der Waals surface area contributed by atoms with E-state index >= 15 is 0 Å². The lowest BCUT2D eigenvalue weighted by Crippen LogP contribution is -2.25. The van der Waals surface area contributed by atoms with Crippen LogP contribution >= 0.6 is 46.6 Å². The fourth-order valence-corrected chi connectivity index (χ4v) is 3.36. The second-order valence-electron chi connectivity index (χ2n) is 4.47. The summed E-state index contributed by atoms with van der Waals surface area (Å²) in [4.78, 5) is 1.12. The summed E-state index contributed by atoms with van der Waals surface area (Å²) < 4.78 is 0. The summed E-state index contributed by atoms with van der Waals surface area (Å²) in [5.41, 5.74) is 7.14. The maximum Gasteiger partial charge on any atom is 0.0439 e. The Balaban J connectivity index is 1.92. The van der Waals surface area contributed by atoms with Crippen molar-refractivity contribution in [3.8, 4) is 0 Å². The average molecular weight is 347 g/mol. The van der Waals surface area contributed by atoms with Gasteiger partial charge in [0.15, 0.2) is 0 Å². The van der Waals surface area contributed by atoms with Crippen molar-refractivity contribution in [3.05, 3.63) is 63.1 Å². The molecule has 0 fully saturated rings. The number of hydrogen-bond acceptors (Lipinski definition) is 2. The molecule has 1 nitrogen and oxygen atoms in total. The van der Waals surface area contributed by atoms with Crippen molar-refractivity contribution in [2.75, 3.05) is 5.75 Å². The van der Waals surface area contributed by atoms with Crippen LogP contribution in [0.15, 0.2) is 47.4 Å². The highest BCUT2D eigenvalue weighted by atomic mass is 35.5. The summed E-state index contributed by atoms with van der Waals surface area (Å²) in [7, 11) is 0. The number of nitrogens with two attached hydrogens (primary N) is 1. The van der Waals surface area contributed by atoms with Crippen molar-refractivity contribution in [1.82, 2.24) is 0 Å². The smallest absolute Gasteiger partial charge is 0.0439 e. The van der Waals surface area contributed by atoms with Gasteiger partial charge in [0.05, 0.1) is 0 Å². The van der Waals surface area contributed by atoms with Gasteiger partial charge < -0.3 is 5.73 Å². The third-order valence-electron chi connectivity index (χ3n) is 2.75. The average Bonchev–Trinajstić information content (AvgIpc) is 2.41. The predicted octanol–water partition coefficient (Wildman–Crippen LogP) is 5.31. The van der Waals surface area contributed by atoms with E-state index in [0.717, 1.165) is 21.2 Å². The number of rotatable bonds is 5. The summed E-state index contributed by atoms with van der Waals surface area (Å²) in [5, 5.41) is 2.12. The monoisotopic (exact) mass is 345 g/mol. The minimum absolute atomic E-state index is 0.00921. The molecule has 0 aliphatic heterocycles. The van der Waals surface area contributed by atoms with Gasteiger partial charge >= 0.3 is 0 Å². The van der Waals surface area contributed by atoms with Crippen molar-refractivity contribution in [2.24, 2.45) is 5.73 Å². The zero-order valence-electron chi connectivity index (χ0n) is 10.7. The molecule has 1 atom stereocenters. The van der Waals surface area contributed by atoms with Crippen LogP contribution in [0.5, 0.6) is 0 Å². The lowest BCUT2D eigenvalue weighted by Gasteiger charge is -2.13. The molecule has 2 N–H and O–H groups in total. The Kier molecular flexibility index (Phi) is 6.06. The lowest BCUT2D eigenvalue weighted by molar-refractivity contribution is 0.749. The minimum Gasteiger partial charge on any atom is -0.327 e. The molecule has 106 valence electrons. The largest absolute Gasteiger partial charge is 0.327 e. The van der Waals surface area contributed by atoms with Crippen molar-refractivity contribution >= 4 is 46.6 Å². The highest BCUT2D eigenvalue weighted by molar-refractivity contribution is 7.99. The van der Waals surface area contributed by atoms with Crippen LogP contribution in [0.2, 0.25) is 15.1 Å². The van der Waals surface area contributed by atoms with Crippen molar-refractivity contribution < 1.29 is 0 Å². The van der Waals surface area contributed by atoms with Crippen LogP contribution in [0.25, 0.3) is 0 Å². The van der Waals surface area contributed by atoms with Crippen LogP contribution in [0.1, 0.15) is 5.56 Å². The molecule has 0 spiro atoms. The summed E-state index contributed by atoms with van der Waals surface area (Å²) in [6.45, 7) is 0. The summed E-state index contributed by atoms with van der Waals surface area (Å²) in [6.07, 6.45) is 0.701. The Morgan fingerprint density at radius 2 is 1.75 bits per heavy atom. The van der Waals surface area contributed by atoms with Gasteiger partial charge in [-0.25, -0.2) is 0 Å². The first-order valence-corrected chi connectivity index (χ1v) is 8.24. The summed E-state index contributed by atoms with van der Waals surface area (Å²) >= 11 is 19.7. The normalized spacial score (nSPS) is 12.4. The number of thioether (sulfide) groups is 1. The predicted molar refractivity (Wildman–Crippen MR) is 90.3 cm³/mol. The fraction of sp³-hybridized carbons (Fsp3) is 0.200. The molecule has 2 aromatic carbocycles. The van der Waals surface area contributed by atoms with Crippen LogP contribution in [0, 0.1) is 0 Å². The van der Waals surface area contributed by atoms with Crippen LogP contribution < -0.4 is 5.73 Å². The number of hydrogen-bond donors (Lipinski definition) is 1. The maximum atomic E-state index is 6.16. The minimum atomic E-state index is 0.00921. The van der Waals surface area contributed by atoms with Crippen LogP contribution in [0.3, 0.4) is 0 Å². The van der Waals surface area contributed by atoms with Gasteiger partial charge in [-0.2, -0.15) is 0 Å². The zero-order valence-corrected chi connectivity index (χ0v) is 13.7. The molecule has 2 aromatic rings. The van der Waals surface area contributed by atoms with Gasteiger partial charge in [-0.15, -0.1) is 11.8 Å². The van der Waals surface area contributed by atoms with Crippen LogP contribution in [-0.2, 0) is 6.42 Å². The van der Waals surface area contributed by atoms with Crippen LogP contribution in [-0.4, -0.2) is 11.8 Å². The molecular formula is C15H14Cl3NS. The second-order valence-corrected chi connectivity index (χ2v) is 6.84. The van der Waals surface area contributed by atoms with Gasteiger partial charge in [0, 0.05) is 31.8 Å². The first kappa shape index (κ1) is 16.0. The Hall–Kier alpha value is -0.380. The highest BCUT2D eigenvalue weighted by Crippen LogP contribution is 2.25. The molecule has 0 amide bonds. The molecule has 0 radical (unpaired) electrons. The van der Waals surface area contributed by atoms with E-state index in [9.17, 15) is 0 Å². The van der Waals surface area contributed by atoms with E-state index in [4.69, 9.17) is 40.5 Å². The van der Waals surface area contributed by atoms with Gasteiger partial charge in [0.1, 0.15) is 0 Å². The zero-order chi connectivity index (χ0) is 14.5. The maximum absolute atomic E-state index is 6.16. The molecule has 0 bridgehead atoms. The Labute approximate surface area is 138 Å². The second kappa shape index (κ2) is 7.58. The SMILES string of the molecule is NC(CSc1cccc(Cl)c1)Cc1cc(Cl)ccc1Cl. The quantitative estimate of drug-likeness (QED) is 0.743. The third kappa shape index (κ3) is 4.87. The molecule has 0 aromatic heterocycles. The van der Waals surface area contributed by atoms with E-state index in [0.29, 0.717) is 16.5 Å². The van der Waals surface area contributed by atoms with E-state index in [1.165, 1.54) is 0 Å². The van der Waals surface area contributed by atoms with Crippen molar-refractivity contribution in [2.45, 2.75) is 17.4 Å². The van der Waals surface area contributed by atoms with E-state index in [1.54, 1.807) is 23.9 Å².